The Morgan fingerprint density at radius 3 is 2.17 bits per heavy atom. The van der Waals surface area contributed by atoms with E-state index in [1.165, 1.54) is 6.07 Å². The fourth-order valence-corrected chi connectivity index (χ4v) is 3.74. The minimum absolute atomic E-state index is 0.0839. The predicted molar refractivity (Wildman–Crippen MR) is 82.7 cm³/mol. The Labute approximate surface area is 134 Å². The summed E-state index contributed by atoms with van der Waals surface area (Å²) in [4.78, 5) is 22.6. The first-order chi connectivity index (χ1) is 10.7. The largest absolute Gasteiger partial charge is 0.480 e. The van der Waals surface area contributed by atoms with Crippen molar-refractivity contribution in [2.24, 2.45) is 5.73 Å². The highest BCUT2D eigenvalue weighted by molar-refractivity contribution is 7.92. The molecule has 0 saturated carbocycles. The van der Waals surface area contributed by atoms with Gasteiger partial charge >= 0.3 is 11.9 Å². The van der Waals surface area contributed by atoms with Gasteiger partial charge in [0.05, 0.1) is 18.0 Å². The molecule has 4 N–H and O–H groups in total. The molecule has 0 bridgehead atoms. The van der Waals surface area contributed by atoms with Crippen molar-refractivity contribution in [3.63, 3.8) is 0 Å². The van der Waals surface area contributed by atoms with Gasteiger partial charge in [-0.1, -0.05) is 25.1 Å². The van der Waals surface area contributed by atoms with Crippen LogP contribution in [0.1, 0.15) is 12.5 Å². The SMILES string of the molecule is CCc1ccccc1S(=O)(=O)C(N)CN(CC(=O)O)CC(=O)O. The van der Waals surface area contributed by atoms with Crippen molar-refractivity contribution in [3.05, 3.63) is 29.8 Å². The van der Waals surface area contributed by atoms with Crippen LogP contribution in [0, 0.1) is 0 Å². The lowest BCUT2D eigenvalue weighted by Crippen LogP contribution is -2.46. The Bertz CT molecular complexity index is 658. The third-order valence-electron chi connectivity index (χ3n) is 3.21. The highest BCUT2D eigenvalue weighted by Crippen LogP contribution is 2.20. The van der Waals surface area contributed by atoms with Crippen LogP contribution in [0.15, 0.2) is 29.2 Å². The van der Waals surface area contributed by atoms with Crippen molar-refractivity contribution in [2.45, 2.75) is 23.6 Å². The number of aryl methyl sites for hydroxylation is 1. The van der Waals surface area contributed by atoms with Crippen LogP contribution in [0.5, 0.6) is 0 Å². The van der Waals surface area contributed by atoms with Crippen LogP contribution >= 0.6 is 0 Å². The van der Waals surface area contributed by atoms with Gasteiger partial charge in [-0.05, 0) is 18.1 Å². The number of nitrogens with two attached hydrogens (primary N) is 1. The van der Waals surface area contributed by atoms with Gasteiger partial charge in [0.15, 0.2) is 9.84 Å². The average Bonchev–Trinajstić information content (AvgIpc) is 2.45. The first kappa shape index (κ1) is 19.1. The number of carboxylic acid groups (broad SMARTS) is 2. The van der Waals surface area contributed by atoms with Gasteiger partial charge in [0.25, 0.3) is 0 Å². The molecule has 0 radical (unpaired) electrons. The quantitative estimate of drug-likeness (QED) is 0.559. The van der Waals surface area contributed by atoms with Crippen molar-refractivity contribution >= 4 is 21.8 Å². The van der Waals surface area contributed by atoms with E-state index in [2.05, 4.69) is 0 Å². The van der Waals surface area contributed by atoms with Crippen molar-refractivity contribution in [1.82, 2.24) is 4.90 Å². The number of aliphatic carboxylic acids is 2. The molecule has 0 amide bonds. The van der Waals surface area contributed by atoms with Crippen molar-refractivity contribution < 1.29 is 28.2 Å². The van der Waals surface area contributed by atoms with Crippen LogP contribution in [0.25, 0.3) is 0 Å². The summed E-state index contributed by atoms with van der Waals surface area (Å²) < 4.78 is 25.1. The summed E-state index contributed by atoms with van der Waals surface area (Å²) in [7, 11) is -3.90. The molecule has 0 spiro atoms. The van der Waals surface area contributed by atoms with E-state index in [-0.39, 0.29) is 11.4 Å². The van der Waals surface area contributed by atoms with Crippen LogP contribution in [-0.2, 0) is 25.8 Å². The molecule has 1 rings (SSSR count). The fourth-order valence-electron chi connectivity index (χ4n) is 2.16. The number of nitrogens with zero attached hydrogens (tertiary/aromatic N) is 1. The monoisotopic (exact) mass is 344 g/mol. The topological polar surface area (TPSA) is 138 Å². The molecular weight excluding hydrogens is 324 g/mol. The summed E-state index contributed by atoms with van der Waals surface area (Å²) in [5.74, 6) is -2.52. The molecule has 0 heterocycles. The lowest BCUT2D eigenvalue weighted by molar-refractivity contribution is -0.141. The molecule has 8 nitrogen and oxygen atoms in total. The smallest absolute Gasteiger partial charge is 0.317 e. The van der Waals surface area contributed by atoms with Gasteiger partial charge in [0, 0.05) is 6.54 Å². The number of carboxylic acids is 2. The molecule has 1 unspecified atom stereocenters. The van der Waals surface area contributed by atoms with Gasteiger partial charge in [-0.3, -0.25) is 14.5 Å². The summed E-state index contributed by atoms with van der Waals surface area (Å²) in [6.07, 6.45) is 0.496. The number of benzene rings is 1. The number of sulfone groups is 1. The van der Waals surface area contributed by atoms with E-state index in [9.17, 15) is 18.0 Å². The molecule has 0 aliphatic rings. The molecule has 0 aromatic heterocycles. The average molecular weight is 344 g/mol. The number of carbonyl (C=O) groups is 2. The normalized spacial score (nSPS) is 13.0. The van der Waals surface area contributed by atoms with E-state index in [1.54, 1.807) is 25.1 Å². The molecule has 1 aromatic rings. The molecule has 0 aliphatic heterocycles. The maximum Gasteiger partial charge on any atom is 0.317 e. The Morgan fingerprint density at radius 2 is 1.70 bits per heavy atom. The third-order valence-corrected chi connectivity index (χ3v) is 5.17. The molecule has 0 fully saturated rings. The second-order valence-electron chi connectivity index (χ2n) is 5.00. The Balaban J connectivity index is 3.02. The Hall–Kier alpha value is -1.97. The van der Waals surface area contributed by atoms with Crippen LogP contribution < -0.4 is 5.73 Å². The maximum absolute atomic E-state index is 12.6. The van der Waals surface area contributed by atoms with E-state index in [0.717, 1.165) is 4.90 Å². The Kier molecular flexibility index (Phi) is 6.67. The molecule has 0 aliphatic carbocycles. The summed E-state index contributed by atoms with van der Waals surface area (Å²) in [5, 5.41) is 16.2. The van der Waals surface area contributed by atoms with Gasteiger partial charge in [0.1, 0.15) is 5.37 Å². The fraction of sp³-hybridized carbons (Fsp3) is 0.429. The second kappa shape index (κ2) is 8.04. The molecule has 1 atom stereocenters. The highest BCUT2D eigenvalue weighted by atomic mass is 32.2. The lowest BCUT2D eigenvalue weighted by atomic mass is 10.2. The van der Waals surface area contributed by atoms with E-state index in [0.29, 0.717) is 12.0 Å². The minimum Gasteiger partial charge on any atom is -0.480 e. The molecule has 23 heavy (non-hydrogen) atoms. The molecular formula is C14H20N2O6S. The first-order valence-electron chi connectivity index (χ1n) is 6.91. The summed E-state index contributed by atoms with van der Waals surface area (Å²) in [6.45, 7) is 0.204. The molecule has 128 valence electrons. The zero-order valence-corrected chi connectivity index (χ0v) is 13.5. The summed E-state index contributed by atoms with van der Waals surface area (Å²) in [5.41, 5.74) is 6.35. The zero-order valence-electron chi connectivity index (χ0n) is 12.7. The minimum atomic E-state index is -3.90. The van der Waals surface area contributed by atoms with E-state index >= 15 is 0 Å². The van der Waals surface area contributed by atoms with Crippen molar-refractivity contribution in [2.75, 3.05) is 19.6 Å². The van der Waals surface area contributed by atoms with Gasteiger partial charge in [-0.15, -0.1) is 0 Å². The number of hydrogen-bond donors (Lipinski definition) is 3. The number of hydrogen-bond acceptors (Lipinski definition) is 6. The van der Waals surface area contributed by atoms with Crippen LogP contribution in [-0.4, -0.2) is 60.5 Å². The summed E-state index contributed by atoms with van der Waals surface area (Å²) >= 11 is 0. The van der Waals surface area contributed by atoms with E-state index < -0.39 is 40.2 Å². The van der Waals surface area contributed by atoms with Gasteiger partial charge in [0.2, 0.25) is 0 Å². The van der Waals surface area contributed by atoms with Crippen molar-refractivity contribution in [1.29, 1.82) is 0 Å². The zero-order chi connectivity index (χ0) is 17.6. The predicted octanol–water partition coefficient (Wildman–Crippen LogP) is -0.221. The van der Waals surface area contributed by atoms with Crippen molar-refractivity contribution in [3.8, 4) is 0 Å². The lowest BCUT2D eigenvalue weighted by Gasteiger charge is -2.23. The molecule has 0 saturated heterocycles. The summed E-state index contributed by atoms with van der Waals surface area (Å²) in [6, 6.07) is 6.40. The van der Waals surface area contributed by atoms with Crippen LogP contribution in [0.4, 0.5) is 0 Å². The molecule has 9 heteroatoms. The molecule has 1 aromatic carbocycles. The van der Waals surface area contributed by atoms with Crippen LogP contribution in [0.2, 0.25) is 0 Å². The van der Waals surface area contributed by atoms with Gasteiger partial charge < -0.3 is 15.9 Å². The van der Waals surface area contributed by atoms with E-state index in [1.807, 2.05) is 0 Å². The maximum atomic E-state index is 12.6. The van der Waals surface area contributed by atoms with E-state index in [4.69, 9.17) is 15.9 Å². The second-order valence-corrected chi connectivity index (χ2v) is 7.14. The van der Waals surface area contributed by atoms with Gasteiger partial charge in [-0.25, -0.2) is 8.42 Å². The first-order valence-corrected chi connectivity index (χ1v) is 8.46. The standard InChI is InChI=1S/C14H20N2O6S/c1-2-10-5-3-4-6-11(10)23(21,22)12(15)7-16(8-13(17)18)9-14(19)20/h3-6,12H,2,7-9,15H2,1H3,(H,17,18)(H,19,20). The highest BCUT2D eigenvalue weighted by Gasteiger charge is 2.29. The number of rotatable bonds is 9. The Morgan fingerprint density at radius 1 is 1.17 bits per heavy atom. The third kappa shape index (κ3) is 5.31. The van der Waals surface area contributed by atoms with Crippen LogP contribution in [0.3, 0.4) is 0 Å². The van der Waals surface area contributed by atoms with Gasteiger partial charge in [-0.2, -0.15) is 0 Å².